The van der Waals surface area contributed by atoms with E-state index in [4.69, 9.17) is 16.3 Å². The van der Waals surface area contributed by atoms with Crippen molar-refractivity contribution in [2.45, 2.75) is 48.0 Å². The van der Waals surface area contributed by atoms with Gasteiger partial charge in [0.05, 0.1) is 22.9 Å². The topological polar surface area (TPSA) is 31.2 Å². The van der Waals surface area contributed by atoms with E-state index in [1.54, 1.807) is 18.2 Å². The molecule has 0 aliphatic heterocycles. The highest BCUT2D eigenvalue weighted by Crippen LogP contribution is 2.31. The lowest BCUT2D eigenvalue weighted by molar-refractivity contribution is 0.0526. The molecule has 196 valence electrons. The Hall–Kier alpha value is -2.89. The second kappa shape index (κ2) is 14.7. The van der Waals surface area contributed by atoms with E-state index in [0.29, 0.717) is 12.2 Å². The van der Waals surface area contributed by atoms with E-state index in [9.17, 15) is 9.18 Å². The van der Waals surface area contributed by atoms with Crippen molar-refractivity contribution >= 4 is 33.5 Å². The molecule has 1 heterocycles. The van der Waals surface area contributed by atoms with Gasteiger partial charge in [-0.05, 0) is 92.9 Å². The molecular formula is C31H34BrClFNO2. The van der Waals surface area contributed by atoms with Crippen LogP contribution in [0, 0.1) is 19.7 Å². The van der Waals surface area contributed by atoms with Crippen molar-refractivity contribution in [2.24, 2.45) is 0 Å². The summed E-state index contributed by atoms with van der Waals surface area (Å²) >= 11 is 9.08. The van der Waals surface area contributed by atoms with Crippen LogP contribution in [-0.2, 0) is 11.2 Å². The molecule has 37 heavy (non-hydrogen) atoms. The predicted molar refractivity (Wildman–Crippen MR) is 156 cm³/mol. The maximum Gasteiger partial charge on any atom is 0.338 e. The number of hydrogen-bond donors (Lipinski definition) is 0. The number of hydrogen-bond acceptors (Lipinski definition) is 2. The summed E-state index contributed by atoms with van der Waals surface area (Å²) in [7, 11) is 0. The largest absolute Gasteiger partial charge is 0.462 e. The summed E-state index contributed by atoms with van der Waals surface area (Å²) in [5.74, 6) is -0.645. The standard InChI is InChI=1S/C21H20BrNO2.C8H8ClF.C2H6/c1-4-25-21(24)16-6-5-7-18(12-16)23-15(3)9-11-20(23)19-13-17(22)10-8-14(19)2;1-2-6-3-4-8(10)7(9)5-6;1-2/h5-13H,4H2,1-3H3;3-5H,2H2,1H3;1-2H3. The molecule has 3 aromatic carbocycles. The first-order chi connectivity index (χ1) is 17.7. The maximum absolute atomic E-state index is 12.5. The number of aromatic nitrogens is 1. The first-order valence-electron chi connectivity index (χ1n) is 12.4. The summed E-state index contributed by atoms with van der Waals surface area (Å²) in [6.07, 6.45) is 0.889. The molecule has 0 saturated carbocycles. The highest BCUT2D eigenvalue weighted by Gasteiger charge is 2.14. The van der Waals surface area contributed by atoms with Crippen LogP contribution in [0.25, 0.3) is 16.9 Å². The third-order valence-corrected chi connectivity index (χ3v) is 6.34. The van der Waals surface area contributed by atoms with E-state index >= 15 is 0 Å². The molecule has 3 nitrogen and oxygen atoms in total. The van der Waals surface area contributed by atoms with Gasteiger partial charge in [0.25, 0.3) is 0 Å². The van der Waals surface area contributed by atoms with E-state index < -0.39 is 0 Å². The molecule has 0 N–H and O–H groups in total. The summed E-state index contributed by atoms with van der Waals surface area (Å²) in [6.45, 7) is 12.3. The highest BCUT2D eigenvalue weighted by molar-refractivity contribution is 9.10. The van der Waals surface area contributed by atoms with Crippen molar-refractivity contribution in [3.8, 4) is 16.9 Å². The number of esters is 1. The molecule has 0 amide bonds. The number of carbonyl (C=O) groups is 1. The Morgan fingerprint density at radius 2 is 1.70 bits per heavy atom. The van der Waals surface area contributed by atoms with Gasteiger partial charge in [0.1, 0.15) is 5.82 Å². The van der Waals surface area contributed by atoms with Gasteiger partial charge in [-0.1, -0.05) is 66.5 Å². The van der Waals surface area contributed by atoms with Gasteiger partial charge in [-0.2, -0.15) is 0 Å². The van der Waals surface area contributed by atoms with Crippen molar-refractivity contribution in [1.29, 1.82) is 0 Å². The summed E-state index contributed by atoms with van der Waals surface area (Å²) in [4.78, 5) is 12.1. The number of rotatable bonds is 5. The molecule has 4 aromatic rings. The van der Waals surface area contributed by atoms with E-state index in [2.05, 4.69) is 58.6 Å². The fraction of sp³-hybridized carbons (Fsp3) is 0.258. The fourth-order valence-electron chi connectivity index (χ4n) is 3.71. The smallest absolute Gasteiger partial charge is 0.338 e. The molecule has 0 saturated heterocycles. The van der Waals surface area contributed by atoms with Crippen molar-refractivity contribution in [3.05, 3.63) is 110 Å². The zero-order chi connectivity index (χ0) is 27.5. The van der Waals surface area contributed by atoms with Crippen LogP contribution < -0.4 is 0 Å². The Labute approximate surface area is 233 Å². The normalized spacial score (nSPS) is 10.1. The molecule has 4 rings (SSSR count). The third-order valence-electron chi connectivity index (χ3n) is 5.56. The second-order valence-electron chi connectivity index (χ2n) is 8.03. The third kappa shape index (κ3) is 8.05. The molecule has 6 heteroatoms. The summed E-state index contributed by atoms with van der Waals surface area (Å²) < 4.78 is 20.8. The maximum atomic E-state index is 12.5. The van der Waals surface area contributed by atoms with Gasteiger partial charge in [-0.3, -0.25) is 0 Å². The zero-order valence-corrected chi connectivity index (χ0v) is 24.6. The van der Waals surface area contributed by atoms with Crippen LogP contribution in [0.1, 0.15) is 54.9 Å². The average molecular weight is 587 g/mol. The van der Waals surface area contributed by atoms with Gasteiger partial charge >= 0.3 is 5.97 Å². The number of ether oxygens (including phenoxy) is 1. The molecule has 0 fully saturated rings. The van der Waals surface area contributed by atoms with Crippen molar-refractivity contribution in [3.63, 3.8) is 0 Å². The van der Waals surface area contributed by atoms with Gasteiger partial charge in [0.15, 0.2) is 0 Å². The van der Waals surface area contributed by atoms with Crippen LogP contribution in [-0.4, -0.2) is 17.1 Å². The molecule has 0 aliphatic carbocycles. The first-order valence-corrected chi connectivity index (χ1v) is 13.6. The summed E-state index contributed by atoms with van der Waals surface area (Å²) in [5.41, 5.74) is 7.12. The van der Waals surface area contributed by atoms with Crippen molar-refractivity contribution in [2.75, 3.05) is 6.61 Å². The minimum Gasteiger partial charge on any atom is -0.462 e. The quantitative estimate of drug-likeness (QED) is 0.218. The molecule has 0 unspecified atom stereocenters. The number of nitrogens with zero attached hydrogens (tertiary/aromatic N) is 1. The Kier molecular flexibility index (Phi) is 12.1. The molecule has 0 bridgehead atoms. The van der Waals surface area contributed by atoms with Crippen LogP contribution in [0.5, 0.6) is 0 Å². The Morgan fingerprint density at radius 1 is 0.973 bits per heavy atom. The average Bonchev–Trinajstić information content (AvgIpc) is 3.30. The SMILES string of the molecule is CC.CCOC(=O)c1cccc(-n2c(C)ccc2-c2cc(Br)ccc2C)c1.CCc1ccc(F)c(Cl)c1. The Bertz CT molecular complexity index is 1330. The van der Waals surface area contributed by atoms with E-state index in [-0.39, 0.29) is 16.8 Å². The lowest BCUT2D eigenvalue weighted by atomic mass is 10.1. The van der Waals surface area contributed by atoms with Gasteiger partial charge in [-0.15, -0.1) is 0 Å². The minimum atomic E-state index is -0.348. The van der Waals surface area contributed by atoms with Crippen LogP contribution in [0.2, 0.25) is 5.02 Å². The van der Waals surface area contributed by atoms with Crippen LogP contribution >= 0.6 is 27.5 Å². The number of carbonyl (C=O) groups excluding carboxylic acids is 1. The van der Waals surface area contributed by atoms with E-state index in [0.717, 1.165) is 39.1 Å². The van der Waals surface area contributed by atoms with Crippen LogP contribution in [0.15, 0.2) is 77.3 Å². The van der Waals surface area contributed by atoms with E-state index in [1.807, 2.05) is 52.0 Å². The number of halogens is 3. The number of benzene rings is 3. The Morgan fingerprint density at radius 3 is 2.35 bits per heavy atom. The first kappa shape index (κ1) is 30.3. The molecular weight excluding hydrogens is 553 g/mol. The molecule has 0 spiro atoms. The highest BCUT2D eigenvalue weighted by atomic mass is 79.9. The summed E-state index contributed by atoms with van der Waals surface area (Å²) in [6, 6.07) is 22.8. The van der Waals surface area contributed by atoms with Gasteiger partial charge in [0.2, 0.25) is 0 Å². The van der Waals surface area contributed by atoms with Crippen LogP contribution in [0.4, 0.5) is 4.39 Å². The van der Waals surface area contributed by atoms with Gasteiger partial charge in [-0.25, -0.2) is 9.18 Å². The molecule has 0 aliphatic rings. The Balaban J connectivity index is 0.000000336. The lowest BCUT2D eigenvalue weighted by Crippen LogP contribution is -2.06. The second-order valence-corrected chi connectivity index (χ2v) is 9.35. The van der Waals surface area contributed by atoms with Crippen molar-refractivity contribution in [1.82, 2.24) is 4.57 Å². The lowest BCUT2D eigenvalue weighted by Gasteiger charge is -2.15. The van der Waals surface area contributed by atoms with E-state index in [1.165, 1.54) is 11.6 Å². The zero-order valence-electron chi connectivity index (χ0n) is 22.2. The monoisotopic (exact) mass is 585 g/mol. The molecule has 1 aromatic heterocycles. The number of aryl methyl sites for hydroxylation is 3. The minimum absolute atomic E-state index is 0.208. The molecule has 0 atom stereocenters. The van der Waals surface area contributed by atoms with Gasteiger partial charge < -0.3 is 9.30 Å². The summed E-state index contributed by atoms with van der Waals surface area (Å²) in [5, 5.41) is 0.208. The van der Waals surface area contributed by atoms with Gasteiger partial charge in [0, 0.05) is 21.4 Å². The molecule has 0 radical (unpaired) electrons. The predicted octanol–water partition coefficient (Wildman–Crippen LogP) is 9.77. The van der Waals surface area contributed by atoms with Crippen molar-refractivity contribution < 1.29 is 13.9 Å². The fourth-order valence-corrected chi connectivity index (χ4v) is 4.27. The van der Waals surface area contributed by atoms with Crippen LogP contribution in [0.3, 0.4) is 0 Å².